The fourth-order valence-corrected chi connectivity index (χ4v) is 4.65. The monoisotopic (exact) mass is 458 g/mol. The lowest BCUT2D eigenvalue weighted by molar-refractivity contribution is -0.119. The van der Waals surface area contributed by atoms with E-state index in [0.717, 1.165) is 35.2 Å². The molecule has 8 heteroatoms. The Morgan fingerprint density at radius 1 is 1.09 bits per heavy atom. The van der Waals surface area contributed by atoms with E-state index in [9.17, 15) is 4.79 Å². The Morgan fingerprint density at radius 2 is 1.82 bits per heavy atom. The van der Waals surface area contributed by atoms with Gasteiger partial charge in [-0.2, -0.15) is 0 Å². The van der Waals surface area contributed by atoms with E-state index in [0.29, 0.717) is 12.5 Å². The minimum atomic E-state index is -0.316. The van der Waals surface area contributed by atoms with Crippen molar-refractivity contribution in [1.82, 2.24) is 29.6 Å². The van der Waals surface area contributed by atoms with Gasteiger partial charge in [-0.15, -0.1) is 10.2 Å². The molecule has 2 aromatic carbocycles. The van der Waals surface area contributed by atoms with Crippen LogP contribution in [0.15, 0.2) is 78.2 Å². The minimum absolute atomic E-state index is 0.0703. The van der Waals surface area contributed by atoms with Gasteiger partial charge in [-0.05, 0) is 24.0 Å². The molecule has 7 nitrogen and oxygen atoms in total. The molecule has 1 fully saturated rings. The first-order chi connectivity index (χ1) is 16.2. The summed E-state index contributed by atoms with van der Waals surface area (Å²) in [6, 6.07) is 19.9. The SMILES string of the molecule is Cn1ccnc1[C@@H](NC(=O)CSc1nnc(C2CC2)n1Cc1ccccc1)c1ccccc1. The Morgan fingerprint density at radius 3 is 2.48 bits per heavy atom. The molecule has 168 valence electrons. The fraction of sp³-hybridized carbons (Fsp3) is 0.280. The van der Waals surface area contributed by atoms with Crippen molar-refractivity contribution in [3.05, 3.63) is 95.8 Å². The first-order valence-corrected chi connectivity index (χ1v) is 12.1. The second kappa shape index (κ2) is 9.62. The number of nitrogens with one attached hydrogen (secondary N) is 1. The van der Waals surface area contributed by atoms with Gasteiger partial charge in [-0.3, -0.25) is 4.79 Å². The zero-order valence-corrected chi connectivity index (χ0v) is 19.3. The third kappa shape index (κ3) is 5.01. The van der Waals surface area contributed by atoms with E-state index < -0.39 is 0 Å². The summed E-state index contributed by atoms with van der Waals surface area (Å²) in [5, 5.41) is 12.8. The molecule has 2 aromatic heterocycles. The molecular weight excluding hydrogens is 432 g/mol. The van der Waals surface area contributed by atoms with E-state index in [1.165, 1.54) is 17.3 Å². The normalized spacial score (nSPS) is 14.2. The van der Waals surface area contributed by atoms with Crippen LogP contribution in [0, 0.1) is 0 Å². The van der Waals surface area contributed by atoms with Gasteiger partial charge in [-0.1, -0.05) is 72.4 Å². The summed E-state index contributed by atoms with van der Waals surface area (Å²) >= 11 is 1.43. The summed E-state index contributed by atoms with van der Waals surface area (Å²) in [7, 11) is 1.94. The molecule has 1 aliphatic rings. The maximum absolute atomic E-state index is 13.0. The van der Waals surface area contributed by atoms with E-state index in [2.05, 4.69) is 37.2 Å². The summed E-state index contributed by atoms with van der Waals surface area (Å²) in [5.74, 6) is 2.49. The molecule has 2 heterocycles. The summed E-state index contributed by atoms with van der Waals surface area (Å²) in [5.41, 5.74) is 2.19. The third-order valence-corrected chi connectivity index (χ3v) is 6.73. The van der Waals surface area contributed by atoms with Crippen LogP contribution in [-0.2, 0) is 18.4 Å². The van der Waals surface area contributed by atoms with Gasteiger partial charge >= 0.3 is 0 Å². The van der Waals surface area contributed by atoms with Gasteiger partial charge in [0.25, 0.3) is 0 Å². The fourth-order valence-electron chi connectivity index (χ4n) is 3.90. The van der Waals surface area contributed by atoms with E-state index in [4.69, 9.17) is 0 Å². The summed E-state index contributed by atoms with van der Waals surface area (Å²) in [6.45, 7) is 0.712. The first-order valence-electron chi connectivity index (χ1n) is 11.1. The van der Waals surface area contributed by atoms with Gasteiger partial charge in [-0.25, -0.2) is 4.98 Å². The Bertz CT molecular complexity index is 1220. The van der Waals surface area contributed by atoms with Gasteiger partial charge in [0.05, 0.1) is 12.3 Å². The smallest absolute Gasteiger partial charge is 0.231 e. The van der Waals surface area contributed by atoms with Gasteiger partial charge in [0.15, 0.2) is 5.16 Å². The van der Waals surface area contributed by atoms with Crippen LogP contribution in [-0.4, -0.2) is 36.0 Å². The van der Waals surface area contributed by atoms with Gasteiger partial charge in [0.1, 0.15) is 17.7 Å². The predicted molar refractivity (Wildman–Crippen MR) is 128 cm³/mol. The number of hydrogen-bond donors (Lipinski definition) is 1. The van der Waals surface area contributed by atoms with Gasteiger partial charge in [0, 0.05) is 25.4 Å². The quantitative estimate of drug-likeness (QED) is 0.385. The summed E-state index contributed by atoms with van der Waals surface area (Å²) in [6.07, 6.45) is 5.94. The zero-order valence-electron chi connectivity index (χ0n) is 18.5. The number of nitrogens with zero attached hydrogens (tertiary/aromatic N) is 5. The highest BCUT2D eigenvalue weighted by Gasteiger charge is 2.30. The Balaban J connectivity index is 1.31. The zero-order chi connectivity index (χ0) is 22.6. The minimum Gasteiger partial charge on any atom is -0.341 e. The number of amides is 1. The maximum atomic E-state index is 13.0. The average molecular weight is 459 g/mol. The Kier molecular flexibility index (Phi) is 6.26. The molecule has 0 bridgehead atoms. The van der Waals surface area contributed by atoms with E-state index in [1.54, 1.807) is 6.20 Å². The molecule has 0 spiro atoms. The number of carbonyl (C=O) groups is 1. The van der Waals surface area contributed by atoms with Crippen LogP contribution in [0.5, 0.6) is 0 Å². The van der Waals surface area contributed by atoms with Crippen molar-refractivity contribution in [3.63, 3.8) is 0 Å². The van der Waals surface area contributed by atoms with Crippen molar-refractivity contribution < 1.29 is 4.79 Å². The maximum Gasteiger partial charge on any atom is 0.231 e. The average Bonchev–Trinajstić information content (AvgIpc) is 3.48. The van der Waals surface area contributed by atoms with Crippen LogP contribution in [0.1, 0.15) is 47.6 Å². The van der Waals surface area contributed by atoms with Crippen LogP contribution < -0.4 is 5.32 Å². The molecule has 1 amide bonds. The molecule has 1 N–H and O–H groups in total. The topological polar surface area (TPSA) is 77.6 Å². The molecule has 0 aliphatic heterocycles. The van der Waals surface area contributed by atoms with Crippen LogP contribution >= 0.6 is 11.8 Å². The van der Waals surface area contributed by atoms with Crippen molar-refractivity contribution >= 4 is 17.7 Å². The number of imidazole rings is 1. The standard InChI is InChI=1S/C25H26N6OS/c1-30-15-14-26-24(30)22(19-10-6-3-7-11-19)27-21(32)17-33-25-29-28-23(20-12-13-20)31(25)16-18-8-4-2-5-9-18/h2-11,14-15,20,22H,12-13,16-17H2,1H3,(H,27,32)/t22-/m0/s1. The number of rotatable bonds is 9. The van der Waals surface area contributed by atoms with Crippen molar-refractivity contribution in [2.24, 2.45) is 7.05 Å². The molecule has 33 heavy (non-hydrogen) atoms. The number of benzene rings is 2. The lowest BCUT2D eigenvalue weighted by Gasteiger charge is -2.19. The summed E-state index contributed by atoms with van der Waals surface area (Å²) in [4.78, 5) is 17.5. The predicted octanol–water partition coefficient (Wildman–Crippen LogP) is 3.94. The molecule has 1 saturated carbocycles. The number of thioether (sulfide) groups is 1. The Hall–Kier alpha value is -3.39. The highest BCUT2D eigenvalue weighted by atomic mass is 32.2. The van der Waals surface area contributed by atoms with Crippen LogP contribution in [0.25, 0.3) is 0 Å². The third-order valence-electron chi connectivity index (χ3n) is 5.76. The second-order valence-electron chi connectivity index (χ2n) is 8.28. The number of hydrogen-bond acceptors (Lipinski definition) is 5. The molecule has 5 rings (SSSR count). The largest absolute Gasteiger partial charge is 0.341 e. The van der Waals surface area contributed by atoms with Crippen LogP contribution in [0.3, 0.4) is 0 Å². The van der Waals surface area contributed by atoms with Crippen molar-refractivity contribution in [2.45, 2.75) is 36.5 Å². The summed E-state index contributed by atoms with van der Waals surface area (Å²) < 4.78 is 4.10. The lowest BCUT2D eigenvalue weighted by Crippen LogP contribution is -2.32. The Labute approximate surface area is 197 Å². The number of aromatic nitrogens is 5. The first kappa shape index (κ1) is 21.5. The molecule has 0 unspecified atom stereocenters. The van der Waals surface area contributed by atoms with Crippen LogP contribution in [0.2, 0.25) is 0 Å². The van der Waals surface area contributed by atoms with E-state index >= 15 is 0 Å². The number of carbonyl (C=O) groups excluding carboxylic acids is 1. The van der Waals surface area contributed by atoms with E-state index in [1.807, 2.05) is 66.3 Å². The second-order valence-corrected chi connectivity index (χ2v) is 9.23. The molecule has 4 aromatic rings. The van der Waals surface area contributed by atoms with Crippen molar-refractivity contribution in [1.29, 1.82) is 0 Å². The molecule has 1 aliphatic carbocycles. The molecule has 0 saturated heterocycles. The molecular formula is C25H26N6OS. The highest BCUT2D eigenvalue weighted by Crippen LogP contribution is 2.40. The highest BCUT2D eigenvalue weighted by molar-refractivity contribution is 7.99. The van der Waals surface area contributed by atoms with Gasteiger partial charge in [0.2, 0.25) is 5.91 Å². The van der Waals surface area contributed by atoms with Gasteiger partial charge < -0.3 is 14.5 Å². The molecule has 0 radical (unpaired) electrons. The van der Waals surface area contributed by atoms with Crippen molar-refractivity contribution in [3.8, 4) is 0 Å². The van der Waals surface area contributed by atoms with Crippen LogP contribution in [0.4, 0.5) is 0 Å². The number of aryl methyl sites for hydroxylation is 1. The molecule has 1 atom stereocenters. The lowest BCUT2D eigenvalue weighted by atomic mass is 10.1. The van der Waals surface area contributed by atoms with E-state index in [-0.39, 0.29) is 17.7 Å². The van der Waals surface area contributed by atoms with Crippen molar-refractivity contribution in [2.75, 3.05) is 5.75 Å².